The zero-order valence-electron chi connectivity index (χ0n) is 12.1. The minimum Gasteiger partial charge on any atom is -0.322 e. The molecule has 2 rings (SSSR count). The summed E-state index contributed by atoms with van der Waals surface area (Å²) in [6.45, 7) is 7.79. The highest BCUT2D eigenvalue weighted by Gasteiger charge is 2.32. The standard InChI is InChI=1S/C16H24N2O/c1-4-13(5-2)11-18-15(19)10-17-16(18)14-8-6-12(3)7-9-14/h6-9,13,16-17H,4-5,10-11H2,1-3H3. The van der Waals surface area contributed by atoms with Gasteiger partial charge in [0.15, 0.2) is 0 Å². The molecule has 1 atom stereocenters. The number of hydrogen-bond acceptors (Lipinski definition) is 2. The maximum Gasteiger partial charge on any atom is 0.238 e. The number of nitrogens with one attached hydrogen (secondary N) is 1. The highest BCUT2D eigenvalue weighted by molar-refractivity contribution is 5.81. The summed E-state index contributed by atoms with van der Waals surface area (Å²) in [6, 6.07) is 8.45. The number of hydrogen-bond donors (Lipinski definition) is 1. The molecule has 1 aromatic rings. The summed E-state index contributed by atoms with van der Waals surface area (Å²) in [7, 11) is 0. The quantitative estimate of drug-likeness (QED) is 0.883. The summed E-state index contributed by atoms with van der Waals surface area (Å²) < 4.78 is 0. The van der Waals surface area contributed by atoms with Crippen LogP contribution >= 0.6 is 0 Å². The van der Waals surface area contributed by atoms with Crippen molar-refractivity contribution in [2.75, 3.05) is 13.1 Å². The number of aryl methyl sites for hydroxylation is 1. The van der Waals surface area contributed by atoms with Crippen LogP contribution in [0.15, 0.2) is 24.3 Å². The summed E-state index contributed by atoms with van der Waals surface area (Å²) >= 11 is 0. The Morgan fingerprint density at radius 3 is 2.47 bits per heavy atom. The third-order valence-electron chi connectivity index (χ3n) is 4.08. The van der Waals surface area contributed by atoms with Crippen molar-refractivity contribution < 1.29 is 4.79 Å². The van der Waals surface area contributed by atoms with Gasteiger partial charge in [0.05, 0.1) is 6.54 Å². The van der Waals surface area contributed by atoms with E-state index in [-0.39, 0.29) is 12.1 Å². The molecule has 1 amide bonds. The van der Waals surface area contributed by atoms with Crippen LogP contribution in [-0.4, -0.2) is 23.9 Å². The number of carbonyl (C=O) groups is 1. The zero-order valence-corrected chi connectivity index (χ0v) is 12.1. The van der Waals surface area contributed by atoms with Crippen LogP contribution in [0.1, 0.15) is 44.0 Å². The molecule has 0 saturated carbocycles. The molecule has 1 fully saturated rings. The second-order valence-corrected chi connectivity index (χ2v) is 5.42. The monoisotopic (exact) mass is 260 g/mol. The lowest BCUT2D eigenvalue weighted by atomic mass is 10.0. The Bertz CT molecular complexity index is 423. The highest BCUT2D eigenvalue weighted by Crippen LogP contribution is 2.25. The van der Waals surface area contributed by atoms with Gasteiger partial charge in [-0.2, -0.15) is 0 Å². The van der Waals surface area contributed by atoms with E-state index in [0.717, 1.165) is 19.4 Å². The lowest BCUT2D eigenvalue weighted by molar-refractivity contribution is -0.128. The van der Waals surface area contributed by atoms with Crippen molar-refractivity contribution in [1.82, 2.24) is 10.2 Å². The Hall–Kier alpha value is -1.35. The van der Waals surface area contributed by atoms with E-state index in [1.165, 1.54) is 11.1 Å². The van der Waals surface area contributed by atoms with Gasteiger partial charge in [0.2, 0.25) is 5.91 Å². The third-order valence-corrected chi connectivity index (χ3v) is 4.08. The van der Waals surface area contributed by atoms with E-state index in [1.54, 1.807) is 0 Å². The van der Waals surface area contributed by atoms with Crippen LogP contribution in [0.25, 0.3) is 0 Å². The fourth-order valence-corrected chi connectivity index (χ4v) is 2.62. The van der Waals surface area contributed by atoms with Crippen molar-refractivity contribution in [3.63, 3.8) is 0 Å². The Morgan fingerprint density at radius 1 is 1.26 bits per heavy atom. The van der Waals surface area contributed by atoms with Gasteiger partial charge in [0.1, 0.15) is 6.17 Å². The van der Waals surface area contributed by atoms with Gasteiger partial charge < -0.3 is 4.90 Å². The fourth-order valence-electron chi connectivity index (χ4n) is 2.62. The molecule has 1 saturated heterocycles. The van der Waals surface area contributed by atoms with Gasteiger partial charge in [-0.15, -0.1) is 0 Å². The smallest absolute Gasteiger partial charge is 0.238 e. The minimum absolute atomic E-state index is 0.0497. The number of carbonyl (C=O) groups excluding carboxylic acids is 1. The molecule has 0 aromatic heterocycles. The first kappa shape index (κ1) is 14.1. The van der Waals surface area contributed by atoms with Gasteiger partial charge in [-0.05, 0) is 18.4 Å². The van der Waals surface area contributed by atoms with E-state index in [9.17, 15) is 4.79 Å². The summed E-state index contributed by atoms with van der Waals surface area (Å²) in [5.41, 5.74) is 2.43. The topological polar surface area (TPSA) is 32.3 Å². The van der Waals surface area contributed by atoms with E-state index in [4.69, 9.17) is 0 Å². The van der Waals surface area contributed by atoms with E-state index >= 15 is 0 Å². The summed E-state index contributed by atoms with van der Waals surface area (Å²) in [5.74, 6) is 0.814. The molecule has 1 N–H and O–H groups in total. The molecule has 0 radical (unpaired) electrons. The van der Waals surface area contributed by atoms with Crippen LogP contribution in [0, 0.1) is 12.8 Å². The Morgan fingerprint density at radius 2 is 1.89 bits per heavy atom. The molecule has 1 aliphatic heterocycles. The molecule has 1 aliphatic rings. The molecule has 0 aliphatic carbocycles. The Labute approximate surface area is 116 Å². The van der Waals surface area contributed by atoms with E-state index in [1.807, 2.05) is 4.90 Å². The second-order valence-electron chi connectivity index (χ2n) is 5.42. The van der Waals surface area contributed by atoms with Gasteiger partial charge in [-0.3, -0.25) is 10.1 Å². The number of benzene rings is 1. The molecular formula is C16H24N2O. The van der Waals surface area contributed by atoms with Crippen LogP contribution in [0.2, 0.25) is 0 Å². The SMILES string of the molecule is CCC(CC)CN1C(=O)CNC1c1ccc(C)cc1. The van der Waals surface area contributed by atoms with Crippen LogP contribution in [0.5, 0.6) is 0 Å². The van der Waals surface area contributed by atoms with Gasteiger partial charge in [0, 0.05) is 6.54 Å². The van der Waals surface area contributed by atoms with E-state index in [2.05, 4.69) is 50.4 Å². The van der Waals surface area contributed by atoms with Crippen LogP contribution < -0.4 is 5.32 Å². The molecule has 1 unspecified atom stereocenters. The maximum absolute atomic E-state index is 12.1. The highest BCUT2D eigenvalue weighted by atomic mass is 16.2. The van der Waals surface area contributed by atoms with Crippen LogP contribution in [0.3, 0.4) is 0 Å². The van der Waals surface area contributed by atoms with E-state index in [0.29, 0.717) is 12.5 Å². The average Bonchev–Trinajstić information content (AvgIpc) is 2.78. The minimum atomic E-state index is 0.0497. The maximum atomic E-state index is 12.1. The fraction of sp³-hybridized carbons (Fsp3) is 0.562. The first-order chi connectivity index (χ1) is 9.15. The van der Waals surface area contributed by atoms with Gasteiger partial charge >= 0.3 is 0 Å². The molecule has 3 heteroatoms. The first-order valence-electron chi connectivity index (χ1n) is 7.25. The molecule has 0 bridgehead atoms. The molecular weight excluding hydrogens is 236 g/mol. The van der Waals surface area contributed by atoms with Gasteiger partial charge in [-0.1, -0.05) is 56.5 Å². The van der Waals surface area contributed by atoms with Crippen molar-refractivity contribution in [1.29, 1.82) is 0 Å². The lowest BCUT2D eigenvalue weighted by Gasteiger charge is -2.28. The number of amides is 1. The molecule has 104 valence electrons. The first-order valence-corrected chi connectivity index (χ1v) is 7.25. The number of nitrogens with zero attached hydrogens (tertiary/aromatic N) is 1. The largest absolute Gasteiger partial charge is 0.322 e. The number of rotatable bonds is 5. The molecule has 19 heavy (non-hydrogen) atoms. The van der Waals surface area contributed by atoms with Crippen LogP contribution in [-0.2, 0) is 4.79 Å². The van der Waals surface area contributed by atoms with Crippen molar-refractivity contribution >= 4 is 5.91 Å². The Balaban J connectivity index is 2.14. The molecule has 0 spiro atoms. The predicted octanol–water partition coefficient (Wildman–Crippen LogP) is 2.86. The summed E-state index contributed by atoms with van der Waals surface area (Å²) in [4.78, 5) is 14.1. The van der Waals surface area contributed by atoms with Crippen molar-refractivity contribution in [3.8, 4) is 0 Å². The Kier molecular flexibility index (Phi) is 4.59. The zero-order chi connectivity index (χ0) is 13.8. The average molecular weight is 260 g/mol. The normalized spacial score (nSPS) is 19.5. The third kappa shape index (κ3) is 3.16. The van der Waals surface area contributed by atoms with Crippen molar-refractivity contribution in [2.24, 2.45) is 5.92 Å². The van der Waals surface area contributed by atoms with Crippen molar-refractivity contribution in [2.45, 2.75) is 39.8 Å². The molecule has 3 nitrogen and oxygen atoms in total. The second kappa shape index (κ2) is 6.20. The van der Waals surface area contributed by atoms with Gasteiger partial charge in [-0.25, -0.2) is 0 Å². The summed E-state index contributed by atoms with van der Waals surface area (Å²) in [5, 5.41) is 3.32. The molecule has 1 aromatic carbocycles. The van der Waals surface area contributed by atoms with E-state index < -0.39 is 0 Å². The van der Waals surface area contributed by atoms with Gasteiger partial charge in [0.25, 0.3) is 0 Å². The molecule has 1 heterocycles. The lowest BCUT2D eigenvalue weighted by Crippen LogP contribution is -2.34. The predicted molar refractivity (Wildman–Crippen MR) is 77.7 cm³/mol. The van der Waals surface area contributed by atoms with Crippen LogP contribution in [0.4, 0.5) is 0 Å². The summed E-state index contributed by atoms with van der Waals surface area (Å²) in [6.07, 6.45) is 2.30. The van der Waals surface area contributed by atoms with Crippen molar-refractivity contribution in [3.05, 3.63) is 35.4 Å².